The van der Waals surface area contributed by atoms with Crippen molar-refractivity contribution < 1.29 is 13.5 Å². The van der Waals surface area contributed by atoms with E-state index < -0.39 is 16.1 Å². The van der Waals surface area contributed by atoms with Crippen LogP contribution in [0, 0.1) is 12.3 Å². The molecule has 0 saturated carbocycles. The molecule has 0 bridgehead atoms. The molecule has 2 aromatic carbocycles. The van der Waals surface area contributed by atoms with Gasteiger partial charge in [0.2, 0.25) is 10.0 Å². The minimum atomic E-state index is -3.68. The Morgan fingerprint density at radius 3 is 2.11 bits per heavy atom. The average molecular weight is 404 g/mol. The van der Waals surface area contributed by atoms with Crippen molar-refractivity contribution in [2.75, 3.05) is 32.1 Å². The van der Waals surface area contributed by atoms with Crippen molar-refractivity contribution in [2.45, 2.75) is 31.3 Å². The van der Waals surface area contributed by atoms with Crippen LogP contribution in [0.15, 0.2) is 59.5 Å². The second-order valence-electron chi connectivity index (χ2n) is 7.60. The van der Waals surface area contributed by atoms with E-state index in [1.165, 1.54) is 4.31 Å². The first-order valence-corrected chi connectivity index (χ1v) is 11.0. The van der Waals surface area contributed by atoms with Gasteiger partial charge in [0.05, 0.1) is 11.0 Å². The van der Waals surface area contributed by atoms with E-state index in [-0.39, 0.29) is 17.4 Å². The predicted octanol–water partition coefficient (Wildman–Crippen LogP) is 3.21. The molecule has 28 heavy (non-hydrogen) atoms. The zero-order valence-corrected chi connectivity index (χ0v) is 17.9. The van der Waals surface area contributed by atoms with Crippen LogP contribution in [0.4, 0.5) is 5.69 Å². The molecule has 0 aromatic heterocycles. The largest absolute Gasteiger partial charge is 0.391 e. The molecule has 0 unspecified atom stereocenters. The summed E-state index contributed by atoms with van der Waals surface area (Å²) in [5.41, 5.74) is 2.02. The fourth-order valence-corrected chi connectivity index (χ4v) is 4.53. The first kappa shape index (κ1) is 22.4. The van der Waals surface area contributed by atoms with Crippen molar-refractivity contribution >= 4 is 15.7 Å². The van der Waals surface area contributed by atoms with Crippen LogP contribution in [-0.4, -0.2) is 51.1 Å². The molecule has 1 atom stereocenters. The molecule has 0 spiro atoms. The van der Waals surface area contributed by atoms with Crippen molar-refractivity contribution in [1.29, 1.82) is 0 Å². The Balaban J connectivity index is 2.12. The Morgan fingerprint density at radius 2 is 1.57 bits per heavy atom. The van der Waals surface area contributed by atoms with Crippen LogP contribution in [0.5, 0.6) is 0 Å². The van der Waals surface area contributed by atoms with Crippen LogP contribution in [0.1, 0.15) is 19.4 Å². The predicted molar refractivity (Wildman–Crippen MR) is 115 cm³/mol. The highest BCUT2D eigenvalue weighted by Gasteiger charge is 2.27. The Bertz CT molecular complexity index is 819. The maximum absolute atomic E-state index is 13.1. The van der Waals surface area contributed by atoms with Crippen LogP contribution >= 0.6 is 0 Å². The number of aliphatic hydroxyl groups is 1. The molecule has 2 rings (SSSR count). The van der Waals surface area contributed by atoms with Crippen molar-refractivity contribution in [3.63, 3.8) is 0 Å². The first-order chi connectivity index (χ1) is 13.2. The van der Waals surface area contributed by atoms with Gasteiger partial charge >= 0.3 is 0 Å². The summed E-state index contributed by atoms with van der Waals surface area (Å²) in [6, 6.07) is 16.6. The van der Waals surface area contributed by atoms with Crippen molar-refractivity contribution in [3.8, 4) is 0 Å². The quantitative estimate of drug-likeness (QED) is 0.662. The molecule has 0 aliphatic carbocycles. The van der Waals surface area contributed by atoms with Gasteiger partial charge in [-0.05, 0) is 48.6 Å². The molecule has 2 aromatic rings. The fourth-order valence-electron chi connectivity index (χ4n) is 2.91. The minimum Gasteiger partial charge on any atom is -0.391 e. The maximum atomic E-state index is 13.1. The summed E-state index contributed by atoms with van der Waals surface area (Å²) in [6.45, 7) is 4.34. The van der Waals surface area contributed by atoms with Gasteiger partial charge in [-0.2, -0.15) is 4.31 Å². The number of hydrogen-bond donors (Lipinski definition) is 1. The number of anilines is 1. The van der Waals surface area contributed by atoms with E-state index in [2.05, 4.69) is 0 Å². The smallest absolute Gasteiger partial charge is 0.243 e. The molecule has 0 aliphatic rings. The number of nitrogens with zero attached hydrogens (tertiary/aromatic N) is 2. The lowest BCUT2D eigenvalue weighted by atomic mass is 10.1. The average Bonchev–Trinajstić information content (AvgIpc) is 2.66. The van der Waals surface area contributed by atoms with Gasteiger partial charge in [-0.15, -0.1) is 0 Å². The number of sulfonamides is 1. The Labute approximate surface area is 169 Å². The Kier molecular flexibility index (Phi) is 8.04. The summed E-state index contributed by atoms with van der Waals surface area (Å²) in [7, 11) is 0.139. The lowest BCUT2D eigenvalue weighted by Crippen LogP contribution is -2.40. The van der Waals surface area contributed by atoms with E-state index in [1.807, 2.05) is 63.2 Å². The van der Waals surface area contributed by atoms with E-state index in [4.69, 9.17) is 0 Å². The summed E-state index contributed by atoms with van der Waals surface area (Å²) >= 11 is 0. The van der Waals surface area contributed by atoms with Crippen LogP contribution in [-0.2, 0) is 16.4 Å². The van der Waals surface area contributed by atoms with Gasteiger partial charge in [0.25, 0.3) is 0 Å². The monoisotopic (exact) mass is 403 g/mol. The van der Waals surface area contributed by atoms with Crippen LogP contribution < -0.4 is 4.90 Å². The maximum Gasteiger partial charge on any atom is 0.243 e. The highest BCUT2D eigenvalue weighted by atomic mass is 32.2. The Hall–Kier alpha value is -1.89. The summed E-state index contributed by atoms with van der Waals surface area (Å²) in [5, 5.41) is 10.5. The molecular formula is C22H31N2O3S. The highest BCUT2D eigenvalue weighted by Crippen LogP contribution is 2.21. The van der Waals surface area contributed by atoms with Crippen LogP contribution in [0.3, 0.4) is 0 Å². The van der Waals surface area contributed by atoms with E-state index in [0.29, 0.717) is 13.0 Å². The van der Waals surface area contributed by atoms with E-state index in [0.717, 1.165) is 11.3 Å². The number of hydrogen-bond acceptors (Lipinski definition) is 4. The highest BCUT2D eigenvalue weighted by molar-refractivity contribution is 7.89. The summed E-state index contributed by atoms with van der Waals surface area (Å²) in [5.74, 6) is 0.150. The van der Waals surface area contributed by atoms with Gasteiger partial charge < -0.3 is 10.0 Å². The molecule has 0 aliphatic heterocycles. The topological polar surface area (TPSA) is 60.9 Å². The molecule has 1 radical (unpaired) electrons. The van der Waals surface area contributed by atoms with Gasteiger partial charge in [0.1, 0.15) is 0 Å². The molecular weight excluding hydrogens is 372 g/mol. The van der Waals surface area contributed by atoms with Crippen molar-refractivity contribution in [1.82, 2.24) is 4.31 Å². The number of benzene rings is 2. The SMILES string of the molecule is CC(C)CN(C[C@H](O)[CH]Cc1ccccc1)S(=O)(=O)c1ccc(N(C)C)cc1. The van der Waals surface area contributed by atoms with E-state index >= 15 is 0 Å². The lowest BCUT2D eigenvalue weighted by molar-refractivity contribution is 0.167. The Morgan fingerprint density at radius 1 is 0.964 bits per heavy atom. The minimum absolute atomic E-state index is 0.0444. The third-order valence-electron chi connectivity index (χ3n) is 4.42. The van der Waals surface area contributed by atoms with Gasteiger partial charge in [0, 0.05) is 32.9 Å². The number of aliphatic hydroxyl groups excluding tert-OH is 1. The molecule has 153 valence electrons. The zero-order chi connectivity index (χ0) is 20.7. The molecule has 0 amide bonds. The van der Waals surface area contributed by atoms with Gasteiger partial charge in [-0.1, -0.05) is 44.2 Å². The van der Waals surface area contributed by atoms with Crippen molar-refractivity contribution in [3.05, 3.63) is 66.6 Å². The third kappa shape index (κ3) is 6.33. The molecule has 1 N–H and O–H groups in total. The van der Waals surface area contributed by atoms with Gasteiger partial charge in [0.15, 0.2) is 0 Å². The van der Waals surface area contributed by atoms with Gasteiger partial charge in [-0.3, -0.25) is 0 Å². The third-order valence-corrected chi connectivity index (χ3v) is 6.26. The second-order valence-corrected chi connectivity index (χ2v) is 9.53. The van der Waals surface area contributed by atoms with E-state index in [1.54, 1.807) is 30.7 Å². The molecule has 5 nitrogen and oxygen atoms in total. The van der Waals surface area contributed by atoms with Crippen molar-refractivity contribution in [2.24, 2.45) is 5.92 Å². The van der Waals surface area contributed by atoms with E-state index in [9.17, 15) is 13.5 Å². The second kappa shape index (κ2) is 10.0. The van der Waals surface area contributed by atoms with Crippen LogP contribution in [0.25, 0.3) is 0 Å². The number of rotatable bonds is 10. The lowest BCUT2D eigenvalue weighted by Gasteiger charge is -2.26. The zero-order valence-electron chi connectivity index (χ0n) is 17.1. The van der Waals surface area contributed by atoms with Gasteiger partial charge in [-0.25, -0.2) is 8.42 Å². The fraction of sp³-hybridized carbons (Fsp3) is 0.409. The molecule has 0 saturated heterocycles. The first-order valence-electron chi connectivity index (χ1n) is 9.53. The standard InChI is InChI=1S/C22H31N2O3S/c1-18(2)16-24(17-21(25)13-10-19-8-6-5-7-9-19)28(26,27)22-14-11-20(12-15-22)23(3)4/h5-9,11-15,18,21,25H,10,16-17H2,1-4H3/t21-/m1/s1. The van der Waals surface area contributed by atoms with Crippen LogP contribution in [0.2, 0.25) is 0 Å². The summed E-state index contributed by atoms with van der Waals surface area (Å²) in [6.07, 6.45) is 1.51. The summed E-state index contributed by atoms with van der Waals surface area (Å²) < 4.78 is 27.7. The molecule has 0 heterocycles. The normalized spacial score (nSPS) is 13.1. The summed E-state index contributed by atoms with van der Waals surface area (Å²) in [4.78, 5) is 2.17. The molecule has 6 heteroatoms. The molecule has 0 fully saturated rings.